The number of nitrogens with zero attached hydrogens (tertiary/aromatic N) is 3. The van der Waals surface area contributed by atoms with Crippen LogP contribution < -0.4 is 5.73 Å². The summed E-state index contributed by atoms with van der Waals surface area (Å²) in [5, 5.41) is 20.8. The lowest BCUT2D eigenvalue weighted by molar-refractivity contribution is -0.484. The van der Waals surface area contributed by atoms with Crippen LogP contribution in [0.1, 0.15) is 42.7 Å². The van der Waals surface area contributed by atoms with Gasteiger partial charge in [-0.05, 0) is 24.0 Å². The van der Waals surface area contributed by atoms with Crippen molar-refractivity contribution in [1.29, 1.82) is 0 Å². The van der Waals surface area contributed by atoms with E-state index in [1.54, 1.807) is 12.1 Å². The second-order valence-electron chi connectivity index (χ2n) is 6.98. The number of rotatable bonds is 6. The number of nitrogens with two attached hydrogens (primary N) is 1. The summed E-state index contributed by atoms with van der Waals surface area (Å²) in [5.74, 6) is 0.444. The average molecular weight is 410 g/mol. The SMILES string of the molecule is NC1=NC(C(C[N+](=O)[O-])c2ccccc2)CCCC1.O=[N+]([O-])C=Cc1ccccc1. The Hall–Kier alpha value is -3.55. The van der Waals surface area contributed by atoms with Crippen molar-refractivity contribution in [3.63, 3.8) is 0 Å². The zero-order valence-electron chi connectivity index (χ0n) is 16.7. The van der Waals surface area contributed by atoms with Gasteiger partial charge in [0.25, 0.3) is 0 Å². The van der Waals surface area contributed by atoms with Gasteiger partial charge in [-0.2, -0.15) is 0 Å². The van der Waals surface area contributed by atoms with Crippen molar-refractivity contribution in [3.8, 4) is 0 Å². The first kappa shape index (κ1) is 22.7. The molecule has 2 aromatic rings. The smallest absolute Gasteiger partial charge is 0.235 e. The molecule has 0 saturated carbocycles. The van der Waals surface area contributed by atoms with Crippen LogP contribution in [0.25, 0.3) is 6.08 Å². The quantitative estimate of drug-likeness (QED) is 0.562. The Bertz CT molecular complexity index is 869. The van der Waals surface area contributed by atoms with Crippen molar-refractivity contribution in [2.24, 2.45) is 10.7 Å². The predicted molar refractivity (Wildman–Crippen MR) is 117 cm³/mol. The lowest BCUT2D eigenvalue weighted by atomic mass is 9.89. The summed E-state index contributed by atoms with van der Waals surface area (Å²) in [5.41, 5.74) is 7.66. The largest absolute Gasteiger partial charge is 0.387 e. The molecule has 2 aromatic carbocycles. The first-order valence-corrected chi connectivity index (χ1v) is 9.81. The van der Waals surface area contributed by atoms with E-state index in [2.05, 4.69) is 4.99 Å². The van der Waals surface area contributed by atoms with E-state index in [1.165, 1.54) is 6.08 Å². The van der Waals surface area contributed by atoms with Crippen molar-refractivity contribution in [2.45, 2.75) is 37.6 Å². The summed E-state index contributed by atoms with van der Waals surface area (Å²) in [6.45, 7) is -0.0918. The monoisotopic (exact) mass is 410 g/mol. The molecule has 158 valence electrons. The fraction of sp³-hybridized carbons (Fsp3) is 0.318. The van der Waals surface area contributed by atoms with Crippen molar-refractivity contribution in [1.82, 2.24) is 0 Å². The van der Waals surface area contributed by atoms with Crippen molar-refractivity contribution in [3.05, 3.63) is 98.2 Å². The molecule has 8 heteroatoms. The molecule has 1 aliphatic heterocycles. The molecule has 0 amide bonds. The fourth-order valence-electron chi connectivity index (χ4n) is 3.31. The van der Waals surface area contributed by atoms with Crippen LogP contribution in [0, 0.1) is 20.2 Å². The zero-order valence-corrected chi connectivity index (χ0v) is 16.7. The highest BCUT2D eigenvalue weighted by Crippen LogP contribution is 2.28. The zero-order chi connectivity index (χ0) is 21.8. The predicted octanol–water partition coefficient (Wildman–Crippen LogP) is 4.28. The van der Waals surface area contributed by atoms with Gasteiger partial charge in [-0.1, -0.05) is 67.1 Å². The number of benzene rings is 2. The van der Waals surface area contributed by atoms with E-state index in [0.717, 1.165) is 43.0 Å². The molecule has 8 nitrogen and oxygen atoms in total. The molecule has 2 atom stereocenters. The normalized spacial score (nSPS) is 17.2. The van der Waals surface area contributed by atoms with Crippen LogP contribution in [-0.4, -0.2) is 28.3 Å². The second kappa shape index (κ2) is 12.1. The average Bonchev–Trinajstić information content (AvgIpc) is 2.96. The van der Waals surface area contributed by atoms with Crippen molar-refractivity contribution < 1.29 is 9.85 Å². The van der Waals surface area contributed by atoms with E-state index in [9.17, 15) is 20.2 Å². The summed E-state index contributed by atoms with van der Waals surface area (Å²) in [6.07, 6.45) is 6.10. The molecule has 3 rings (SSSR count). The van der Waals surface area contributed by atoms with Gasteiger partial charge < -0.3 is 5.73 Å². The minimum absolute atomic E-state index is 0.0738. The minimum atomic E-state index is -0.479. The Balaban J connectivity index is 0.000000248. The molecule has 0 bridgehead atoms. The first-order chi connectivity index (χ1) is 14.5. The molecule has 0 fully saturated rings. The molecule has 30 heavy (non-hydrogen) atoms. The van der Waals surface area contributed by atoms with Crippen LogP contribution in [0.4, 0.5) is 0 Å². The molecule has 0 aromatic heterocycles. The Morgan fingerprint density at radius 3 is 2.27 bits per heavy atom. The highest BCUT2D eigenvalue weighted by atomic mass is 16.6. The third-order valence-corrected chi connectivity index (χ3v) is 4.74. The Kier molecular flexibility index (Phi) is 9.18. The topological polar surface area (TPSA) is 125 Å². The van der Waals surface area contributed by atoms with Gasteiger partial charge in [0.2, 0.25) is 12.7 Å². The number of nitro groups is 2. The summed E-state index contributed by atoms with van der Waals surface area (Å²) < 4.78 is 0. The van der Waals surface area contributed by atoms with Crippen LogP contribution in [0.3, 0.4) is 0 Å². The third kappa shape index (κ3) is 8.22. The molecule has 0 spiro atoms. The van der Waals surface area contributed by atoms with E-state index in [-0.39, 0.29) is 23.4 Å². The van der Waals surface area contributed by atoms with Gasteiger partial charge in [0.1, 0.15) is 0 Å². The molecule has 0 aliphatic carbocycles. The van der Waals surface area contributed by atoms with Crippen LogP contribution in [0.15, 0.2) is 71.9 Å². The fourth-order valence-corrected chi connectivity index (χ4v) is 3.31. The van der Waals surface area contributed by atoms with Crippen LogP contribution in [-0.2, 0) is 0 Å². The number of hydrogen-bond donors (Lipinski definition) is 1. The van der Waals surface area contributed by atoms with E-state index in [1.807, 2.05) is 48.5 Å². The number of hydrogen-bond acceptors (Lipinski definition) is 6. The van der Waals surface area contributed by atoms with E-state index >= 15 is 0 Å². The van der Waals surface area contributed by atoms with E-state index < -0.39 is 4.92 Å². The first-order valence-electron chi connectivity index (χ1n) is 9.81. The maximum atomic E-state index is 10.9. The molecule has 0 saturated heterocycles. The van der Waals surface area contributed by atoms with Gasteiger partial charge in [0.15, 0.2) is 0 Å². The minimum Gasteiger partial charge on any atom is -0.387 e. The van der Waals surface area contributed by atoms with Crippen LogP contribution >= 0.6 is 0 Å². The molecule has 0 radical (unpaired) electrons. The molecule has 1 aliphatic rings. The summed E-state index contributed by atoms with van der Waals surface area (Å²) >= 11 is 0. The highest BCUT2D eigenvalue weighted by molar-refractivity contribution is 5.80. The Morgan fingerprint density at radius 2 is 1.67 bits per heavy atom. The van der Waals surface area contributed by atoms with Gasteiger partial charge in [-0.25, -0.2) is 0 Å². The number of amidine groups is 1. The second-order valence-corrected chi connectivity index (χ2v) is 6.98. The van der Waals surface area contributed by atoms with Crippen LogP contribution in [0.2, 0.25) is 0 Å². The van der Waals surface area contributed by atoms with Crippen molar-refractivity contribution in [2.75, 3.05) is 6.54 Å². The number of aliphatic imine (C=N–C) groups is 1. The van der Waals surface area contributed by atoms with Gasteiger partial charge >= 0.3 is 0 Å². The maximum Gasteiger partial charge on any atom is 0.235 e. The molecule has 2 N–H and O–H groups in total. The summed E-state index contributed by atoms with van der Waals surface area (Å²) in [7, 11) is 0. The third-order valence-electron chi connectivity index (χ3n) is 4.74. The lowest BCUT2D eigenvalue weighted by Gasteiger charge is -2.20. The summed E-state index contributed by atoms with van der Waals surface area (Å²) in [4.78, 5) is 24.6. The Morgan fingerprint density at radius 1 is 1.03 bits per heavy atom. The van der Waals surface area contributed by atoms with Gasteiger partial charge in [0, 0.05) is 17.4 Å². The molecular formula is C22H26N4O4. The molecular weight excluding hydrogens is 384 g/mol. The standard InChI is InChI=1S/C14H19N3O2.C8H7NO2/c15-14-9-5-4-8-13(16-14)12(10-17(18)19)11-6-2-1-3-7-11;10-9(11)7-6-8-4-2-1-3-5-8/h1-3,6-7,12-13H,4-5,8-10H2,(H2,15,16);1-7H. The van der Waals surface area contributed by atoms with Gasteiger partial charge in [-0.15, -0.1) is 0 Å². The lowest BCUT2D eigenvalue weighted by Crippen LogP contribution is -2.26. The van der Waals surface area contributed by atoms with Crippen LogP contribution in [0.5, 0.6) is 0 Å². The maximum absolute atomic E-state index is 10.9. The highest BCUT2D eigenvalue weighted by Gasteiger charge is 2.28. The Labute approximate surface area is 175 Å². The van der Waals surface area contributed by atoms with E-state index in [4.69, 9.17) is 5.73 Å². The van der Waals surface area contributed by atoms with Gasteiger partial charge in [0.05, 0.1) is 22.7 Å². The summed E-state index contributed by atoms with van der Waals surface area (Å²) in [6, 6.07) is 18.7. The molecule has 2 unspecified atom stereocenters. The van der Waals surface area contributed by atoms with Gasteiger partial charge in [-0.3, -0.25) is 25.2 Å². The van der Waals surface area contributed by atoms with E-state index in [0.29, 0.717) is 5.84 Å². The van der Waals surface area contributed by atoms with Crippen molar-refractivity contribution >= 4 is 11.9 Å². The molecule has 1 heterocycles.